The standard InChI is InChI=1S/C23H21NO2/c1-18(16-19-8-4-2-5-9-19)23(25)24-21-12-14-22(15-13-21)26-17-20-10-6-3-7-11-20/h2-16H,17H2,1H3,(H,24,25). The smallest absolute Gasteiger partial charge is 0.251 e. The lowest BCUT2D eigenvalue weighted by Crippen LogP contribution is -2.12. The first-order valence-corrected chi connectivity index (χ1v) is 8.52. The van der Waals surface area contributed by atoms with Gasteiger partial charge in [0.2, 0.25) is 0 Å². The van der Waals surface area contributed by atoms with E-state index in [0.29, 0.717) is 12.2 Å². The lowest BCUT2D eigenvalue weighted by molar-refractivity contribution is -0.112. The van der Waals surface area contributed by atoms with Crippen molar-refractivity contribution in [2.75, 3.05) is 5.32 Å². The summed E-state index contributed by atoms with van der Waals surface area (Å²) in [6.07, 6.45) is 1.87. The number of hydrogen-bond donors (Lipinski definition) is 1. The van der Waals surface area contributed by atoms with Crippen molar-refractivity contribution in [1.82, 2.24) is 0 Å². The first kappa shape index (κ1) is 17.5. The molecule has 0 spiro atoms. The summed E-state index contributed by atoms with van der Waals surface area (Å²) in [4.78, 5) is 12.3. The van der Waals surface area contributed by atoms with Gasteiger partial charge in [0, 0.05) is 11.3 Å². The predicted molar refractivity (Wildman–Crippen MR) is 106 cm³/mol. The van der Waals surface area contributed by atoms with E-state index in [2.05, 4.69) is 5.32 Å². The van der Waals surface area contributed by atoms with Crippen LogP contribution in [0.15, 0.2) is 90.5 Å². The molecule has 3 aromatic rings. The summed E-state index contributed by atoms with van der Waals surface area (Å²) in [6.45, 7) is 2.32. The van der Waals surface area contributed by atoms with E-state index >= 15 is 0 Å². The molecule has 0 atom stereocenters. The van der Waals surface area contributed by atoms with Crippen LogP contribution in [0.2, 0.25) is 0 Å². The zero-order valence-electron chi connectivity index (χ0n) is 14.7. The average molecular weight is 343 g/mol. The molecule has 0 aliphatic heterocycles. The van der Waals surface area contributed by atoms with Gasteiger partial charge in [0.05, 0.1) is 0 Å². The van der Waals surface area contributed by atoms with Gasteiger partial charge in [0.25, 0.3) is 5.91 Å². The molecule has 0 aliphatic rings. The molecule has 3 heteroatoms. The number of ether oxygens (including phenoxy) is 1. The number of amides is 1. The predicted octanol–water partition coefficient (Wildman–Crippen LogP) is 5.31. The fraction of sp³-hybridized carbons (Fsp3) is 0.0870. The third kappa shape index (κ3) is 5.08. The van der Waals surface area contributed by atoms with Crippen molar-refractivity contribution < 1.29 is 9.53 Å². The van der Waals surface area contributed by atoms with Gasteiger partial charge in [-0.15, -0.1) is 0 Å². The molecule has 0 aromatic heterocycles. The van der Waals surface area contributed by atoms with Crippen molar-refractivity contribution in [2.45, 2.75) is 13.5 Å². The number of carbonyl (C=O) groups excluding carboxylic acids is 1. The topological polar surface area (TPSA) is 38.3 Å². The Kier molecular flexibility index (Phi) is 5.84. The molecule has 3 aromatic carbocycles. The molecule has 0 fully saturated rings. The van der Waals surface area contributed by atoms with E-state index in [1.54, 1.807) is 6.92 Å². The summed E-state index contributed by atoms with van der Waals surface area (Å²) in [6, 6.07) is 27.2. The Morgan fingerprint density at radius 3 is 2.15 bits per heavy atom. The van der Waals surface area contributed by atoms with Crippen molar-refractivity contribution in [1.29, 1.82) is 0 Å². The highest BCUT2D eigenvalue weighted by Gasteiger charge is 2.05. The summed E-state index contributed by atoms with van der Waals surface area (Å²) in [5.41, 5.74) is 3.51. The third-order valence-electron chi connectivity index (χ3n) is 3.90. The van der Waals surface area contributed by atoms with Crippen molar-refractivity contribution >= 4 is 17.7 Å². The van der Waals surface area contributed by atoms with Gasteiger partial charge in [-0.1, -0.05) is 60.7 Å². The molecule has 1 N–H and O–H groups in total. The highest BCUT2D eigenvalue weighted by Crippen LogP contribution is 2.18. The maximum absolute atomic E-state index is 12.3. The highest BCUT2D eigenvalue weighted by atomic mass is 16.5. The van der Waals surface area contributed by atoms with Crippen LogP contribution in [0.5, 0.6) is 5.75 Å². The van der Waals surface area contributed by atoms with E-state index in [1.165, 1.54) is 0 Å². The fourth-order valence-corrected chi connectivity index (χ4v) is 2.47. The van der Waals surface area contributed by atoms with Crippen LogP contribution in [-0.2, 0) is 11.4 Å². The monoisotopic (exact) mass is 343 g/mol. The first-order chi connectivity index (χ1) is 12.7. The second-order valence-electron chi connectivity index (χ2n) is 5.99. The zero-order valence-corrected chi connectivity index (χ0v) is 14.7. The maximum atomic E-state index is 12.3. The van der Waals surface area contributed by atoms with E-state index < -0.39 is 0 Å². The van der Waals surface area contributed by atoms with Crippen LogP contribution in [0.3, 0.4) is 0 Å². The van der Waals surface area contributed by atoms with E-state index in [9.17, 15) is 4.79 Å². The summed E-state index contributed by atoms with van der Waals surface area (Å²) < 4.78 is 5.75. The minimum absolute atomic E-state index is 0.119. The Bertz CT molecular complexity index is 869. The summed E-state index contributed by atoms with van der Waals surface area (Å²) in [5, 5.41) is 2.90. The van der Waals surface area contributed by atoms with Gasteiger partial charge < -0.3 is 10.1 Å². The molecule has 0 aliphatic carbocycles. The quantitative estimate of drug-likeness (QED) is 0.616. The average Bonchev–Trinajstić information content (AvgIpc) is 2.69. The minimum Gasteiger partial charge on any atom is -0.489 e. The molecule has 0 radical (unpaired) electrons. The lowest BCUT2D eigenvalue weighted by atomic mass is 10.1. The van der Waals surface area contributed by atoms with Gasteiger partial charge in [-0.2, -0.15) is 0 Å². The van der Waals surface area contributed by atoms with Crippen LogP contribution < -0.4 is 10.1 Å². The molecular weight excluding hydrogens is 322 g/mol. The molecule has 0 saturated carbocycles. The normalized spacial score (nSPS) is 11.0. The van der Waals surface area contributed by atoms with Gasteiger partial charge in [-0.25, -0.2) is 0 Å². The van der Waals surface area contributed by atoms with Crippen LogP contribution in [0.25, 0.3) is 6.08 Å². The van der Waals surface area contributed by atoms with Gasteiger partial charge in [-0.3, -0.25) is 4.79 Å². The molecule has 26 heavy (non-hydrogen) atoms. The summed E-state index contributed by atoms with van der Waals surface area (Å²) >= 11 is 0. The van der Waals surface area contributed by atoms with Crippen LogP contribution >= 0.6 is 0 Å². The molecule has 0 bridgehead atoms. The van der Waals surface area contributed by atoms with E-state index in [4.69, 9.17) is 4.74 Å². The van der Waals surface area contributed by atoms with Crippen LogP contribution in [-0.4, -0.2) is 5.91 Å². The number of hydrogen-bond acceptors (Lipinski definition) is 2. The Balaban J connectivity index is 1.56. The van der Waals surface area contributed by atoms with Gasteiger partial charge in [0.15, 0.2) is 0 Å². The number of rotatable bonds is 6. The molecule has 3 rings (SSSR count). The largest absolute Gasteiger partial charge is 0.489 e. The van der Waals surface area contributed by atoms with Crippen molar-refractivity contribution in [3.8, 4) is 5.75 Å². The fourth-order valence-electron chi connectivity index (χ4n) is 2.47. The number of carbonyl (C=O) groups is 1. The highest BCUT2D eigenvalue weighted by molar-refractivity contribution is 6.06. The first-order valence-electron chi connectivity index (χ1n) is 8.52. The second kappa shape index (κ2) is 8.67. The lowest BCUT2D eigenvalue weighted by Gasteiger charge is -2.09. The second-order valence-corrected chi connectivity index (χ2v) is 5.99. The molecule has 0 saturated heterocycles. The number of benzene rings is 3. The molecule has 0 heterocycles. The number of nitrogens with one attached hydrogen (secondary N) is 1. The van der Waals surface area contributed by atoms with Gasteiger partial charge >= 0.3 is 0 Å². The van der Waals surface area contributed by atoms with E-state index in [-0.39, 0.29) is 5.91 Å². The van der Waals surface area contributed by atoms with E-state index in [1.807, 2.05) is 91.0 Å². The van der Waals surface area contributed by atoms with E-state index in [0.717, 1.165) is 22.6 Å². The van der Waals surface area contributed by atoms with Gasteiger partial charge in [-0.05, 0) is 48.4 Å². The Hall–Kier alpha value is -3.33. The molecule has 1 amide bonds. The minimum atomic E-state index is -0.119. The van der Waals surface area contributed by atoms with Crippen LogP contribution in [0.1, 0.15) is 18.1 Å². The van der Waals surface area contributed by atoms with Crippen molar-refractivity contribution in [3.63, 3.8) is 0 Å². The molecular formula is C23H21NO2. The van der Waals surface area contributed by atoms with Crippen molar-refractivity contribution in [3.05, 3.63) is 102 Å². The third-order valence-corrected chi connectivity index (χ3v) is 3.90. The van der Waals surface area contributed by atoms with Crippen LogP contribution in [0, 0.1) is 0 Å². The summed E-state index contributed by atoms with van der Waals surface area (Å²) in [7, 11) is 0. The Labute approximate surface area is 154 Å². The Morgan fingerprint density at radius 2 is 1.50 bits per heavy atom. The van der Waals surface area contributed by atoms with Crippen molar-refractivity contribution in [2.24, 2.45) is 0 Å². The Morgan fingerprint density at radius 1 is 0.885 bits per heavy atom. The number of anilines is 1. The molecule has 3 nitrogen and oxygen atoms in total. The molecule has 0 unspecified atom stereocenters. The summed E-state index contributed by atoms with van der Waals surface area (Å²) in [5.74, 6) is 0.648. The maximum Gasteiger partial charge on any atom is 0.251 e. The zero-order chi connectivity index (χ0) is 18.2. The SMILES string of the molecule is CC(=Cc1ccccc1)C(=O)Nc1ccc(OCc2ccccc2)cc1. The molecule has 130 valence electrons. The van der Waals surface area contributed by atoms with Crippen LogP contribution in [0.4, 0.5) is 5.69 Å². The van der Waals surface area contributed by atoms with Gasteiger partial charge in [0.1, 0.15) is 12.4 Å².